The molecular formula is C27H36FN5O5S. The van der Waals surface area contributed by atoms with Crippen LogP contribution >= 0.6 is 0 Å². The third-order valence-corrected chi connectivity index (χ3v) is 7.03. The fourth-order valence-electron chi connectivity index (χ4n) is 4.61. The Hall–Kier alpha value is -3.67. The molecule has 212 valence electrons. The first kappa shape index (κ1) is 29.9. The number of halogens is 1. The van der Waals surface area contributed by atoms with Gasteiger partial charge in [-0.05, 0) is 47.7 Å². The quantitative estimate of drug-likeness (QED) is 0.245. The van der Waals surface area contributed by atoms with E-state index >= 15 is 0 Å². The second-order valence-corrected chi connectivity index (χ2v) is 11.5. The van der Waals surface area contributed by atoms with Gasteiger partial charge in [0.1, 0.15) is 6.04 Å². The standard InChI is InChI=1S/C27H36FN5O5S/c1-38-24-15-20(11-12-22(24)28)17-30-26(35)23(14-18-7-4-3-5-8-18)31-27(29)32-25(34)16-19-9-6-10-21(13-19)33-39(2,36)37/h6,9-13,15,18,23,33H,3-5,7-8,14,16-17H2,1-2H3,(H,30,35)(H3,29,31,32,34)/t23-/m1/s1. The Morgan fingerprint density at radius 1 is 1.13 bits per heavy atom. The molecule has 0 unspecified atom stereocenters. The Kier molecular flexibility index (Phi) is 10.7. The predicted octanol–water partition coefficient (Wildman–Crippen LogP) is 2.83. The molecular weight excluding hydrogens is 525 g/mol. The van der Waals surface area contributed by atoms with Crippen LogP contribution < -0.4 is 25.8 Å². The normalized spacial score (nSPS) is 15.3. The minimum absolute atomic E-state index is 0.0681. The SMILES string of the molecule is COc1cc(CNC(=O)[C@@H](CC2CCCCC2)N=C(N)NC(=O)Cc2cccc(NS(C)(=O)=O)c2)ccc1F. The maximum atomic E-state index is 13.7. The minimum Gasteiger partial charge on any atom is -0.494 e. The van der Waals surface area contributed by atoms with E-state index in [9.17, 15) is 22.4 Å². The zero-order valence-electron chi connectivity index (χ0n) is 22.2. The largest absolute Gasteiger partial charge is 0.494 e. The average Bonchev–Trinajstić information content (AvgIpc) is 2.87. The summed E-state index contributed by atoms with van der Waals surface area (Å²) in [7, 11) is -2.08. The summed E-state index contributed by atoms with van der Waals surface area (Å²) in [5.41, 5.74) is 7.61. The Morgan fingerprint density at radius 3 is 2.56 bits per heavy atom. The molecule has 1 saturated carbocycles. The van der Waals surface area contributed by atoms with Crippen molar-refractivity contribution >= 4 is 33.5 Å². The molecule has 2 amide bonds. The predicted molar refractivity (Wildman–Crippen MR) is 148 cm³/mol. The van der Waals surface area contributed by atoms with Gasteiger partial charge in [0, 0.05) is 12.2 Å². The topological polar surface area (TPSA) is 152 Å². The van der Waals surface area contributed by atoms with Crippen LogP contribution in [0.15, 0.2) is 47.5 Å². The molecule has 10 nitrogen and oxygen atoms in total. The van der Waals surface area contributed by atoms with Crippen LogP contribution in [0.2, 0.25) is 0 Å². The van der Waals surface area contributed by atoms with Crippen molar-refractivity contribution in [2.24, 2.45) is 16.6 Å². The summed E-state index contributed by atoms with van der Waals surface area (Å²) < 4.78 is 44.0. The third kappa shape index (κ3) is 10.2. The first-order chi connectivity index (χ1) is 18.5. The van der Waals surface area contributed by atoms with Gasteiger partial charge in [-0.2, -0.15) is 0 Å². The molecule has 39 heavy (non-hydrogen) atoms. The molecule has 0 heterocycles. The lowest BCUT2D eigenvalue weighted by Crippen LogP contribution is -2.42. The maximum absolute atomic E-state index is 13.7. The number of rotatable bonds is 11. The number of aliphatic imine (C=N–C) groups is 1. The van der Waals surface area contributed by atoms with Gasteiger partial charge in [0.2, 0.25) is 21.8 Å². The van der Waals surface area contributed by atoms with Crippen LogP contribution in [0.3, 0.4) is 0 Å². The summed E-state index contributed by atoms with van der Waals surface area (Å²) in [6.45, 7) is 0.149. The van der Waals surface area contributed by atoms with E-state index < -0.39 is 27.8 Å². The lowest BCUT2D eigenvalue weighted by molar-refractivity contribution is -0.123. The maximum Gasteiger partial charge on any atom is 0.245 e. The van der Waals surface area contributed by atoms with Gasteiger partial charge in [-0.3, -0.25) is 19.6 Å². The van der Waals surface area contributed by atoms with E-state index in [1.165, 1.54) is 25.7 Å². The summed E-state index contributed by atoms with van der Waals surface area (Å²) in [6.07, 6.45) is 6.82. The van der Waals surface area contributed by atoms with E-state index in [4.69, 9.17) is 10.5 Å². The molecule has 1 atom stereocenters. The highest BCUT2D eigenvalue weighted by molar-refractivity contribution is 7.92. The molecule has 0 radical (unpaired) electrons. The van der Waals surface area contributed by atoms with Crippen molar-refractivity contribution in [2.75, 3.05) is 18.1 Å². The number of carbonyl (C=O) groups is 2. The van der Waals surface area contributed by atoms with Gasteiger partial charge in [-0.15, -0.1) is 0 Å². The van der Waals surface area contributed by atoms with Crippen molar-refractivity contribution in [3.8, 4) is 5.75 Å². The number of amides is 2. The molecule has 0 bridgehead atoms. The number of hydrogen-bond donors (Lipinski definition) is 4. The van der Waals surface area contributed by atoms with Gasteiger partial charge in [0.15, 0.2) is 17.5 Å². The van der Waals surface area contributed by atoms with Gasteiger partial charge >= 0.3 is 0 Å². The lowest BCUT2D eigenvalue weighted by atomic mass is 9.84. The number of nitrogens with one attached hydrogen (secondary N) is 3. The Balaban J connectivity index is 1.66. The van der Waals surface area contributed by atoms with Gasteiger partial charge in [0.05, 0.1) is 19.8 Å². The van der Waals surface area contributed by atoms with E-state index in [-0.39, 0.29) is 30.6 Å². The molecule has 1 aliphatic carbocycles. The monoisotopic (exact) mass is 561 g/mol. The van der Waals surface area contributed by atoms with Crippen LogP contribution in [0.5, 0.6) is 5.75 Å². The van der Waals surface area contributed by atoms with Crippen molar-refractivity contribution in [3.05, 3.63) is 59.4 Å². The molecule has 3 rings (SSSR count). The van der Waals surface area contributed by atoms with Gasteiger partial charge in [-0.25, -0.2) is 17.8 Å². The summed E-state index contributed by atoms with van der Waals surface area (Å²) in [4.78, 5) is 30.1. The highest BCUT2D eigenvalue weighted by atomic mass is 32.2. The molecule has 5 N–H and O–H groups in total. The van der Waals surface area contributed by atoms with Crippen LogP contribution in [-0.2, 0) is 32.6 Å². The molecule has 1 aliphatic rings. The number of guanidine groups is 1. The Bertz CT molecular complexity index is 1300. The molecule has 2 aromatic carbocycles. The minimum atomic E-state index is -3.45. The van der Waals surface area contributed by atoms with Gasteiger partial charge < -0.3 is 15.8 Å². The van der Waals surface area contributed by atoms with E-state index in [1.807, 2.05) is 0 Å². The van der Waals surface area contributed by atoms with Crippen molar-refractivity contribution in [1.29, 1.82) is 0 Å². The molecule has 0 saturated heterocycles. The Morgan fingerprint density at radius 2 is 1.87 bits per heavy atom. The first-order valence-corrected chi connectivity index (χ1v) is 14.7. The van der Waals surface area contributed by atoms with E-state index in [0.29, 0.717) is 29.2 Å². The highest BCUT2D eigenvalue weighted by Gasteiger charge is 2.25. The fourth-order valence-corrected chi connectivity index (χ4v) is 5.16. The number of nitrogens with two attached hydrogens (primary N) is 1. The molecule has 1 fully saturated rings. The van der Waals surface area contributed by atoms with Crippen molar-refractivity contribution in [2.45, 2.75) is 57.5 Å². The molecule has 0 aromatic heterocycles. The summed E-state index contributed by atoms with van der Waals surface area (Å²) in [5, 5.41) is 5.36. The lowest BCUT2D eigenvalue weighted by Gasteiger charge is -2.24. The summed E-state index contributed by atoms with van der Waals surface area (Å²) in [5.74, 6) is -1.07. The smallest absolute Gasteiger partial charge is 0.245 e. The third-order valence-electron chi connectivity index (χ3n) is 6.42. The van der Waals surface area contributed by atoms with Crippen LogP contribution in [0, 0.1) is 11.7 Å². The molecule has 0 spiro atoms. The molecule has 0 aliphatic heterocycles. The van der Waals surface area contributed by atoms with E-state index in [0.717, 1.165) is 31.9 Å². The number of methoxy groups -OCH3 is 1. The highest BCUT2D eigenvalue weighted by Crippen LogP contribution is 2.28. The first-order valence-electron chi connectivity index (χ1n) is 12.8. The van der Waals surface area contributed by atoms with Crippen molar-refractivity contribution < 1.29 is 27.1 Å². The number of anilines is 1. The van der Waals surface area contributed by atoms with E-state index in [1.54, 1.807) is 30.3 Å². The number of carbonyl (C=O) groups excluding carboxylic acids is 2. The zero-order valence-corrected chi connectivity index (χ0v) is 23.0. The second kappa shape index (κ2) is 13.9. The van der Waals surface area contributed by atoms with Crippen LogP contribution in [0.1, 0.15) is 49.7 Å². The number of benzene rings is 2. The second-order valence-electron chi connectivity index (χ2n) is 9.76. The van der Waals surface area contributed by atoms with Crippen molar-refractivity contribution in [1.82, 2.24) is 10.6 Å². The number of nitrogens with zero attached hydrogens (tertiary/aromatic N) is 1. The number of ether oxygens (including phenoxy) is 1. The zero-order chi connectivity index (χ0) is 28.4. The average molecular weight is 562 g/mol. The summed E-state index contributed by atoms with van der Waals surface area (Å²) in [6, 6.07) is 10.00. The molecule has 2 aromatic rings. The number of hydrogen-bond acceptors (Lipinski definition) is 6. The van der Waals surface area contributed by atoms with E-state index in [2.05, 4.69) is 20.3 Å². The van der Waals surface area contributed by atoms with Crippen LogP contribution in [0.25, 0.3) is 0 Å². The summed E-state index contributed by atoms with van der Waals surface area (Å²) >= 11 is 0. The number of sulfonamides is 1. The van der Waals surface area contributed by atoms with Crippen LogP contribution in [0.4, 0.5) is 10.1 Å². The van der Waals surface area contributed by atoms with Gasteiger partial charge in [-0.1, -0.05) is 50.3 Å². The molecule has 12 heteroatoms. The van der Waals surface area contributed by atoms with Gasteiger partial charge in [0.25, 0.3) is 0 Å². The fraction of sp³-hybridized carbons (Fsp3) is 0.444. The Labute approximate surface area is 228 Å². The van der Waals surface area contributed by atoms with Crippen molar-refractivity contribution in [3.63, 3.8) is 0 Å². The van der Waals surface area contributed by atoms with Crippen LogP contribution in [-0.4, -0.2) is 45.6 Å².